The summed E-state index contributed by atoms with van der Waals surface area (Å²) < 4.78 is 0. The zero-order chi connectivity index (χ0) is 13.4. The predicted octanol–water partition coefficient (Wildman–Crippen LogP) is 2.38. The number of aryl methyl sites for hydroxylation is 1. The van der Waals surface area contributed by atoms with E-state index in [2.05, 4.69) is 49.4 Å². The van der Waals surface area contributed by atoms with Gasteiger partial charge >= 0.3 is 0 Å². The highest BCUT2D eigenvalue weighted by Gasteiger charge is 2.10. The molecule has 0 aliphatic rings. The third-order valence-corrected chi connectivity index (χ3v) is 2.77. The van der Waals surface area contributed by atoms with Gasteiger partial charge in [0.05, 0.1) is 0 Å². The molecule has 0 fully saturated rings. The molecule has 1 rings (SSSR count). The van der Waals surface area contributed by atoms with Gasteiger partial charge in [-0.25, -0.2) is 0 Å². The summed E-state index contributed by atoms with van der Waals surface area (Å²) in [5, 5.41) is 7.04. The van der Waals surface area contributed by atoms with Crippen molar-refractivity contribution in [3.8, 4) is 0 Å². The van der Waals surface area contributed by atoms with E-state index in [9.17, 15) is 0 Å². The number of hydrogen-bond donors (Lipinski definition) is 2. The zero-order valence-corrected chi connectivity index (χ0v) is 12.2. The van der Waals surface area contributed by atoms with Gasteiger partial charge in [-0.15, -0.1) is 0 Å². The molecule has 0 amide bonds. The lowest BCUT2D eigenvalue weighted by atomic mass is 10.1. The van der Waals surface area contributed by atoms with Crippen LogP contribution in [0.15, 0.2) is 24.4 Å². The topological polar surface area (TPSA) is 37.0 Å². The quantitative estimate of drug-likeness (QED) is 0.729. The maximum absolute atomic E-state index is 4.32. The SMILES string of the molecule is CC(CNC(C)(C)C)NCCCc1ccccn1. The maximum atomic E-state index is 4.32. The van der Waals surface area contributed by atoms with Crippen LogP contribution in [0.4, 0.5) is 0 Å². The second kappa shape index (κ2) is 7.49. The van der Waals surface area contributed by atoms with Crippen LogP contribution in [0.25, 0.3) is 0 Å². The Morgan fingerprint density at radius 1 is 1.28 bits per heavy atom. The van der Waals surface area contributed by atoms with Crippen LogP contribution in [-0.4, -0.2) is 29.7 Å². The molecular formula is C15H27N3. The normalized spacial score (nSPS) is 13.6. The highest BCUT2D eigenvalue weighted by molar-refractivity contribution is 5.03. The summed E-state index contributed by atoms with van der Waals surface area (Å²) in [6, 6.07) is 6.60. The van der Waals surface area contributed by atoms with Gasteiger partial charge in [0, 0.05) is 30.0 Å². The number of pyridine rings is 1. The second-order valence-electron chi connectivity index (χ2n) is 5.91. The van der Waals surface area contributed by atoms with E-state index in [1.54, 1.807) is 0 Å². The van der Waals surface area contributed by atoms with E-state index in [-0.39, 0.29) is 5.54 Å². The summed E-state index contributed by atoms with van der Waals surface area (Å²) >= 11 is 0. The third-order valence-electron chi connectivity index (χ3n) is 2.77. The first-order valence-corrected chi connectivity index (χ1v) is 6.86. The molecule has 0 saturated heterocycles. The Hall–Kier alpha value is -0.930. The molecule has 0 spiro atoms. The number of rotatable bonds is 7. The smallest absolute Gasteiger partial charge is 0.0404 e. The Labute approximate surface area is 111 Å². The zero-order valence-electron chi connectivity index (χ0n) is 12.2. The van der Waals surface area contributed by atoms with Gasteiger partial charge in [0.15, 0.2) is 0 Å². The van der Waals surface area contributed by atoms with Crippen LogP contribution in [0.1, 0.15) is 39.8 Å². The molecule has 1 aromatic heterocycles. The Morgan fingerprint density at radius 3 is 2.67 bits per heavy atom. The van der Waals surface area contributed by atoms with E-state index < -0.39 is 0 Å². The molecule has 1 atom stereocenters. The predicted molar refractivity (Wildman–Crippen MR) is 77.8 cm³/mol. The molecule has 3 nitrogen and oxygen atoms in total. The highest BCUT2D eigenvalue weighted by Crippen LogP contribution is 1.99. The van der Waals surface area contributed by atoms with E-state index in [4.69, 9.17) is 0 Å². The van der Waals surface area contributed by atoms with Crippen LogP contribution < -0.4 is 10.6 Å². The lowest BCUT2D eigenvalue weighted by Gasteiger charge is -2.24. The monoisotopic (exact) mass is 249 g/mol. The van der Waals surface area contributed by atoms with Crippen LogP contribution in [0.3, 0.4) is 0 Å². The van der Waals surface area contributed by atoms with Crippen molar-refractivity contribution in [2.45, 2.75) is 52.1 Å². The van der Waals surface area contributed by atoms with Crippen LogP contribution in [0.5, 0.6) is 0 Å². The van der Waals surface area contributed by atoms with Crippen LogP contribution >= 0.6 is 0 Å². The van der Waals surface area contributed by atoms with Crippen molar-refractivity contribution in [1.82, 2.24) is 15.6 Å². The van der Waals surface area contributed by atoms with E-state index in [1.807, 2.05) is 18.3 Å². The third kappa shape index (κ3) is 7.41. The Morgan fingerprint density at radius 2 is 2.06 bits per heavy atom. The summed E-state index contributed by atoms with van der Waals surface area (Å²) in [6.07, 6.45) is 4.04. The molecule has 0 saturated carbocycles. The molecule has 2 N–H and O–H groups in total. The average Bonchev–Trinajstić information content (AvgIpc) is 2.33. The minimum Gasteiger partial charge on any atom is -0.313 e. The van der Waals surface area contributed by atoms with Crippen molar-refractivity contribution in [2.75, 3.05) is 13.1 Å². The van der Waals surface area contributed by atoms with Gasteiger partial charge in [-0.2, -0.15) is 0 Å². The van der Waals surface area contributed by atoms with E-state index in [0.29, 0.717) is 6.04 Å². The lowest BCUT2D eigenvalue weighted by Crippen LogP contribution is -2.44. The summed E-state index contributed by atoms with van der Waals surface area (Å²) in [5.74, 6) is 0. The fourth-order valence-corrected chi connectivity index (χ4v) is 1.70. The number of nitrogens with one attached hydrogen (secondary N) is 2. The Balaban J connectivity index is 2.07. The maximum Gasteiger partial charge on any atom is 0.0404 e. The van der Waals surface area contributed by atoms with Crippen LogP contribution in [0, 0.1) is 0 Å². The van der Waals surface area contributed by atoms with Gasteiger partial charge in [-0.3, -0.25) is 4.98 Å². The van der Waals surface area contributed by atoms with Gasteiger partial charge in [0.25, 0.3) is 0 Å². The van der Waals surface area contributed by atoms with Gasteiger partial charge in [-0.05, 0) is 59.2 Å². The molecule has 0 radical (unpaired) electrons. The minimum atomic E-state index is 0.198. The lowest BCUT2D eigenvalue weighted by molar-refractivity contribution is 0.387. The number of aromatic nitrogens is 1. The first kappa shape index (κ1) is 15.1. The summed E-state index contributed by atoms with van der Waals surface area (Å²) in [6.45, 7) is 10.9. The summed E-state index contributed by atoms with van der Waals surface area (Å²) in [7, 11) is 0. The van der Waals surface area contributed by atoms with Gasteiger partial charge < -0.3 is 10.6 Å². The molecule has 3 heteroatoms. The van der Waals surface area contributed by atoms with Crippen LogP contribution in [-0.2, 0) is 6.42 Å². The number of hydrogen-bond acceptors (Lipinski definition) is 3. The first-order chi connectivity index (χ1) is 8.47. The Bertz CT molecular complexity index is 316. The van der Waals surface area contributed by atoms with Crippen molar-refractivity contribution >= 4 is 0 Å². The van der Waals surface area contributed by atoms with Crippen molar-refractivity contribution in [1.29, 1.82) is 0 Å². The number of nitrogens with zero attached hydrogens (tertiary/aromatic N) is 1. The van der Waals surface area contributed by atoms with E-state index in [1.165, 1.54) is 5.69 Å². The first-order valence-electron chi connectivity index (χ1n) is 6.86. The van der Waals surface area contributed by atoms with Crippen molar-refractivity contribution < 1.29 is 0 Å². The standard InChI is InChI=1S/C15H27N3/c1-13(12-18-15(2,3)4)16-11-7-9-14-8-5-6-10-17-14/h5-6,8,10,13,16,18H,7,9,11-12H2,1-4H3. The van der Waals surface area contributed by atoms with Gasteiger partial charge in [0.2, 0.25) is 0 Å². The van der Waals surface area contributed by atoms with Gasteiger partial charge in [0.1, 0.15) is 0 Å². The molecule has 1 aromatic rings. The van der Waals surface area contributed by atoms with Crippen molar-refractivity contribution in [3.63, 3.8) is 0 Å². The molecular weight excluding hydrogens is 222 g/mol. The molecule has 0 aliphatic carbocycles. The highest BCUT2D eigenvalue weighted by atomic mass is 15.0. The van der Waals surface area contributed by atoms with Crippen molar-refractivity contribution in [2.24, 2.45) is 0 Å². The summed E-state index contributed by atoms with van der Waals surface area (Å²) in [5.41, 5.74) is 1.38. The Kier molecular flexibility index (Phi) is 6.30. The summed E-state index contributed by atoms with van der Waals surface area (Å²) in [4.78, 5) is 4.32. The van der Waals surface area contributed by atoms with Crippen LogP contribution in [0.2, 0.25) is 0 Å². The molecule has 1 unspecified atom stereocenters. The van der Waals surface area contributed by atoms with E-state index >= 15 is 0 Å². The van der Waals surface area contributed by atoms with Crippen molar-refractivity contribution in [3.05, 3.63) is 30.1 Å². The van der Waals surface area contributed by atoms with E-state index in [0.717, 1.165) is 25.9 Å². The second-order valence-corrected chi connectivity index (χ2v) is 5.91. The molecule has 0 aromatic carbocycles. The molecule has 102 valence electrons. The fraction of sp³-hybridized carbons (Fsp3) is 0.667. The largest absolute Gasteiger partial charge is 0.313 e. The molecule has 1 heterocycles. The molecule has 0 aliphatic heterocycles. The minimum absolute atomic E-state index is 0.198. The van der Waals surface area contributed by atoms with Gasteiger partial charge in [-0.1, -0.05) is 6.07 Å². The molecule has 0 bridgehead atoms. The average molecular weight is 249 g/mol. The molecule has 18 heavy (non-hydrogen) atoms. The fourth-order valence-electron chi connectivity index (χ4n) is 1.70.